The Bertz CT molecular complexity index is 446. The van der Waals surface area contributed by atoms with Crippen molar-refractivity contribution >= 4 is 23.1 Å². The minimum Gasteiger partial charge on any atom is -0.389 e. The molecule has 2 heterocycles. The fraction of sp³-hybridized carbons (Fsp3) is 0.444. The number of rotatable bonds is 2. The summed E-state index contributed by atoms with van der Waals surface area (Å²) in [6.07, 6.45) is -0.621. The minimum atomic E-state index is -0.858. The second kappa shape index (κ2) is 4.44. The second-order valence-corrected chi connectivity index (χ2v) is 4.20. The molecule has 2 atom stereocenters. The van der Waals surface area contributed by atoms with Gasteiger partial charge in [-0.1, -0.05) is 11.6 Å². The van der Waals surface area contributed by atoms with Crippen LogP contribution in [0.25, 0.3) is 0 Å². The predicted molar refractivity (Wildman–Crippen MR) is 60.1 cm³/mol. The molecule has 0 aromatic carbocycles. The molecule has 0 spiro atoms. The van der Waals surface area contributed by atoms with Gasteiger partial charge in [-0.05, 0) is 0 Å². The highest BCUT2D eigenvalue weighted by atomic mass is 35.5. The van der Waals surface area contributed by atoms with Crippen LogP contribution in [0, 0.1) is 10.1 Å². The second-order valence-electron chi connectivity index (χ2n) is 3.80. The Hall–Kier alpha value is -1.44. The zero-order chi connectivity index (χ0) is 12.6. The maximum Gasteiger partial charge on any atom is 0.289 e. The molecule has 8 heteroatoms. The molecule has 2 rings (SSSR count). The van der Waals surface area contributed by atoms with Crippen LogP contribution in [0.1, 0.15) is 0 Å². The Morgan fingerprint density at radius 1 is 1.47 bits per heavy atom. The third-order valence-corrected chi connectivity index (χ3v) is 2.85. The third kappa shape index (κ3) is 2.31. The quantitative estimate of drug-likeness (QED) is 0.581. The van der Waals surface area contributed by atoms with Crippen molar-refractivity contribution in [3.8, 4) is 0 Å². The van der Waals surface area contributed by atoms with Gasteiger partial charge in [-0.15, -0.1) is 0 Å². The number of aromatic nitrogens is 1. The largest absolute Gasteiger partial charge is 0.389 e. The lowest BCUT2D eigenvalue weighted by Gasteiger charge is -2.17. The van der Waals surface area contributed by atoms with Gasteiger partial charge in [0.25, 0.3) is 5.69 Å². The van der Waals surface area contributed by atoms with Crippen LogP contribution < -0.4 is 4.90 Å². The molecule has 17 heavy (non-hydrogen) atoms. The van der Waals surface area contributed by atoms with Crippen molar-refractivity contribution in [3.63, 3.8) is 0 Å². The molecular formula is C9H10ClN3O4. The number of nitrogens with zero attached hydrogens (tertiary/aromatic N) is 3. The number of hydrogen-bond donors (Lipinski definition) is 2. The lowest BCUT2D eigenvalue weighted by Crippen LogP contribution is -2.22. The zero-order valence-electron chi connectivity index (χ0n) is 8.65. The van der Waals surface area contributed by atoms with Crippen molar-refractivity contribution in [1.82, 2.24) is 4.98 Å². The molecule has 1 aromatic heterocycles. The number of nitro groups is 1. The molecule has 1 fully saturated rings. The highest BCUT2D eigenvalue weighted by Crippen LogP contribution is 2.29. The molecule has 1 aliphatic rings. The van der Waals surface area contributed by atoms with Crippen LogP contribution in [0.15, 0.2) is 12.3 Å². The van der Waals surface area contributed by atoms with Crippen LogP contribution in [0.5, 0.6) is 0 Å². The fourth-order valence-corrected chi connectivity index (χ4v) is 1.98. The van der Waals surface area contributed by atoms with E-state index in [1.54, 1.807) is 4.90 Å². The Balaban J connectivity index is 2.26. The fourth-order valence-electron chi connectivity index (χ4n) is 1.70. The van der Waals surface area contributed by atoms with E-state index in [1.807, 2.05) is 0 Å². The number of pyridine rings is 1. The van der Waals surface area contributed by atoms with Crippen LogP contribution in [0.4, 0.5) is 11.5 Å². The molecule has 0 bridgehead atoms. The Kier molecular flexibility index (Phi) is 3.14. The normalized spacial score (nSPS) is 24.1. The molecule has 2 unspecified atom stereocenters. The van der Waals surface area contributed by atoms with Crippen molar-refractivity contribution in [2.24, 2.45) is 0 Å². The molecular weight excluding hydrogens is 250 g/mol. The predicted octanol–water partition coefficient (Wildman–Crippen LogP) is 0.185. The number of aliphatic hydroxyl groups is 2. The first kappa shape index (κ1) is 12.0. The van der Waals surface area contributed by atoms with E-state index < -0.39 is 17.1 Å². The minimum absolute atomic E-state index is 0.125. The SMILES string of the molecule is O=[N+]([O-])c1cnc(N2CC(O)C(O)C2)c(Cl)c1. The van der Waals surface area contributed by atoms with E-state index in [1.165, 1.54) is 6.07 Å². The molecule has 7 nitrogen and oxygen atoms in total. The summed E-state index contributed by atoms with van der Waals surface area (Å²) in [6.45, 7) is 0.400. The highest BCUT2D eigenvalue weighted by Gasteiger charge is 2.31. The van der Waals surface area contributed by atoms with Crippen LogP contribution in [-0.4, -0.2) is 45.4 Å². The summed E-state index contributed by atoms with van der Waals surface area (Å²) in [6, 6.07) is 1.20. The Morgan fingerprint density at radius 3 is 2.53 bits per heavy atom. The summed E-state index contributed by atoms with van der Waals surface area (Å²) in [4.78, 5) is 15.4. The van der Waals surface area contributed by atoms with Gasteiger partial charge in [-0.25, -0.2) is 4.98 Å². The summed E-state index contributed by atoms with van der Waals surface area (Å²) < 4.78 is 0. The summed E-state index contributed by atoms with van der Waals surface area (Å²) in [5.41, 5.74) is -0.195. The third-order valence-electron chi connectivity index (χ3n) is 2.58. The first-order chi connectivity index (χ1) is 7.99. The van der Waals surface area contributed by atoms with Gasteiger partial charge in [0.1, 0.15) is 12.0 Å². The number of hydrogen-bond acceptors (Lipinski definition) is 6. The highest BCUT2D eigenvalue weighted by molar-refractivity contribution is 6.33. The molecule has 1 aliphatic heterocycles. The van der Waals surface area contributed by atoms with Crippen molar-refractivity contribution < 1.29 is 15.1 Å². The van der Waals surface area contributed by atoms with Gasteiger partial charge in [0, 0.05) is 19.2 Å². The smallest absolute Gasteiger partial charge is 0.289 e. The molecule has 2 N–H and O–H groups in total. The zero-order valence-corrected chi connectivity index (χ0v) is 9.41. The monoisotopic (exact) mass is 259 g/mol. The molecule has 0 radical (unpaired) electrons. The first-order valence-corrected chi connectivity index (χ1v) is 5.28. The van der Waals surface area contributed by atoms with Gasteiger partial charge in [0.05, 0.1) is 22.2 Å². The Labute approximate surface area is 101 Å². The average molecular weight is 260 g/mol. The van der Waals surface area contributed by atoms with Crippen molar-refractivity contribution in [2.45, 2.75) is 12.2 Å². The van der Waals surface area contributed by atoms with Crippen molar-refractivity contribution in [2.75, 3.05) is 18.0 Å². The van der Waals surface area contributed by atoms with E-state index in [0.29, 0.717) is 5.82 Å². The number of aliphatic hydroxyl groups excluding tert-OH is 2. The van der Waals surface area contributed by atoms with Gasteiger partial charge < -0.3 is 15.1 Å². The molecule has 1 saturated heterocycles. The molecule has 0 aliphatic carbocycles. The molecule has 0 amide bonds. The van der Waals surface area contributed by atoms with Gasteiger partial charge in [-0.3, -0.25) is 10.1 Å². The van der Waals surface area contributed by atoms with E-state index in [-0.39, 0.29) is 23.8 Å². The van der Waals surface area contributed by atoms with Crippen molar-refractivity contribution in [1.29, 1.82) is 0 Å². The first-order valence-electron chi connectivity index (χ1n) is 4.90. The average Bonchev–Trinajstić information content (AvgIpc) is 2.58. The maximum absolute atomic E-state index is 10.5. The van der Waals surface area contributed by atoms with Crippen molar-refractivity contribution in [3.05, 3.63) is 27.4 Å². The summed E-state index contributed by atoms with van der Waals surface area (Å²) in [5.74, 6) is 0.327. The Morgan fingerprint density at radius 2 is 2.06 bits per heavy atom. The van der Waals surface area contributed by atoms with Gasteiger partial charge in [-0.2, -0.15) is 0 Å². The maximum atomic E-state index is 10.5. The van der Waals surface area contributed by atoms with Gasteiger partial charge >= 0.3 is 0 Å². The topological polar surface area (TPSA) is 99.7 Å². The van der Waals surface area contributed by atoms with E-state index in [0.717, 1.165) is 6.20 Å². The van der Waals surface area contributed by atoms with Gasteiger partial charge in [0.15, 0.2) is 0 Å². The molecule has 0 saturated carbocycles. The van der Waals surface area contributed by atoms with Crippen LogP contribution in [-0.2, 0) is 0 Å². The van der Waals surface area contributed by atoms with Crippen LogP contribution >= 0.6 is 11.6 Å². The van der Waals surface area contributed by atoms with Crippen LogP contribution in [0.3, 0.4) is 0 Å². The van der Waals surface area contributed by atoms with E-state index in [9.17, 15) is 20.3 Å². The van der Waals surface area contributed by atoms with Gasteiger partial charge in [0.2, 0.25) is 0 Å². The van der Waals surface area contributed by atoms with E-state index in [4.69, 9.17) is 11.6 Å². The van der Waals surface area contributed by atoms with Crippen LogP contribution in [0.2, 0.25) is 5.02 Å². The summed E-state index contributed by atoms with van der Waals surface area (Å²) in [7, 11) is 0. The van der Waals surface area contributed by atoms with E-state index >= 15 is 0 Å². The number of anilines is 1. The number of halogens is 1. The molecule has 92 valence electrons. The van der Waals surface area contributed by atoms with E-state index in [2.05, 4.69) is 4.98 Å². The lowest BCUT2D eigenvalue weighted by molar-refractivity contribution is -0.385. The standard InChI is InChI=1S/C9H10ClN3O4/c10-6-1-5(13(16)17)2-11-9(6)12-3-7(14)8(15)4-12/h1-2,7-8,14-15H,3-4H2. The number of β-amino-alcohol motifs (C(OH)–C–C–N with tert-alkyl or cyclic N) is 2. The lowest BCUT2D eigenvalue weighted by atomic mass is 10.3. The molecule has 1 aromatic rings. The summed E-state index contributed by atoms with van der Waals surface area (Å²) >= 11 is 5.88. The summed E-state index contributed by atoms with van der Waals surface area (Å²) in [5, 5.41) is 29.4.